The second-order valence-electron chi connectivity index (χ2n) is 3.36. The van der Waals surface area contributed by atoms with Crippen molar-refractivity contribution in [3.63, 3.8) is 0 Å². The Morgan fingerprint density at radius 1 is 1.33 bits per heavy atom. The predicted octanol–water partition coefficient (Wildman–Crippen LogP) is 1.97. The fourth-order valence-corrected chi connectivity index (χ4v) is 1.28. The molecule has 0 radical (unpaired) electrons. The number of hydrogen-bond donors (Lipinski definition) is 1. The highest BCUT2D eigenvalue weighted by atomic mass is 16.5. The average molecular weight is 213 g/mol. The maximum atomic E-state index is 5.79. The van der Waals surface area contributed by atoms with Crippen LogP contribution in [0.4, 0.5) is 0 Å². The van der Waals surface area contributed by atoms with Crippen molar-refractivity contribution in [3.8, 4) is 0 Å². The van der Waals surface area contributed by atoms with E-state index < -0.39 is 0 Å². The Balaban J connectivity index is 2.72. The third-order valence-corrected chi connectivity index (χ3v) is 2.24. The molecule has 15 heavy (non-hydrogen) atoms. The molecule has 1 heterocycles. The molecule has 0 aliphatic carbocycles. The van der Waals surface area contributed by atoms with E-state index in [1.54, 1.807) is 0 Å². The van der Waals surface area contributed by atoms with Crippen LogP contribution < -0.4 is 5.73 Å². The first-order valence-electron chi connectivity index (χ1n) is 5.43. The Morgan fingerprint density at radius 2 is 2.07 bits per heavy atom. The molecule has 0 aromatic carbocycles. The fraction of sp³-hybridized carbons (Fsp3) is 0.800. The number of aromatic nitrogens is 2. The maximum Gasteiger partial charge on any atom is 0.243 e. The highest BCUT2D eigenvalue weighted by molar-refractivity contribution is 4.94. The van der Waals surface area contributed by atoms with Crippen molar-refractivity contribution in [1.29, 1.82) is 0 Å². The van der Waals surface area contributed by atoms with Gasteiger partial charge in [0, 0.05) is 6.61 Å². The summed E-state index contributed by atoms with van der Waals surface area (Å²) >= 11 is 0. The van der Waals surface area contributed by atoms with Gasteiger partial charge in [0.1, 0.15) is 6.10 Å². The van der Waals surface area contributed by atoms with Gasteiger partial charge in [0.25, 0.3) is 0 Å². The molecule has 5 nitrogen and oxygen atoms in total. The SMILES string of the molecule is CCOC(CC)c1noc(C(N)CC)n1. The standard InChI is InChI=1S/C10H19N3O2/c1-4-7(11)10-12-9(13-15-10)8(5-2)14-6-3/h7-8H,4-6,11H2,1-3H3. The second kappa shape index (κ2) is 5.82. The lowest BCUT2D eigenvalue weighted by molar-refractivity contribution is 0.0518. The molecule has 0 spiro atoms. The van der Waals surface area contributed by atoms with Crippen molar-refractivity contribution < 1.29 is 9.26 Å². The van der Waals surface area contributed by atoms with Crippen molar-refractivity contribution in [3.05, 3.63) is 11.7 Å². The summed E-state index contributed by atoms with van der Waals surface area (Å²) in [5.74, 6) is 1.09. The predicted molar refractivity (Wildman–Crippen MR) is 56.2 cm³/mol. The van der Waals surface area contributed by atoms with Gasteiger partial charge in [-0.3, -0.25) is 0 Å². The normalized spacial score (nSPS) is 15.2. The van der Waals surface area contributed by atoms with Crippen molar-refractivity contribution >= 4 is 0 Å². The van der Waals surface area contributed by atoms with Gasteiger partial charge in [-0.1, -0.05) is 19.0 Å². The molecule has 1 rings (SSSR count). The molecule has 1 aromatic heterocycles. The highest BCUT2D eigenvalue weighted by Crippen LogP contribution is 2.20. The smallest absolute Gasteiger partial charge is 0.243 e. The lowest BCUT2D eigenvalue weighted by Gasteiger charge is -2.09. The zero-order valence-corrected chi connectivity index (χ0v) is 9.56. The number of nitrogens with two attached hydrogens (primary N) is 1. The molecule has 0 aliphatic rings. The van der Waals surface area contributed by atoms with Crippen molar-refractivity contribution in [1.82, 2.24) is 10.1 Å². The van der Waals surface area contributed by atoms with E-state index in [2.05, 4.69) is 10.1 Å². The van der Waals surface area contributed by atoms with Crippen molar-refractivity contribution in [2.45, 2.75) is 45.8 Å². The van der Waals surface area contributed by atoms with Gasteiger partial charge in [0.15, 0.2) is 0 Å². The van der Waals surface area contributed by atoms with E-state index in [0.717, 1.165) is 12.8 Å². The van der Waals surface area contributed by atoms with E-state index in [1.807, 2.05) is 20.8 Å². The summed E-state index contributed by atoms with van der Waals surface area (Å²) in [6, 6.07) is -0.176. The molecule has 5 heteroatoms. The van der Waals surface area contributed by atoms with Crippen LogP contribution in [-0.2, 0) is 4.74 Å². The topological polar surface area (TPSA) is 74.2 Å². The van der Waals surface area contributed by atoms with Crippen LogP contribution in [0.5, 0.6) is 0 Å². The summed E-state index contributed by atoms with van der Waals surface area (Å²) in [6.45, 7) is 6.59. The summed E-state index contributed by atoms with van der Waals surface area (Å²) in [6.07, 6.45) is 1.53. The van der Waals surface area contributed by atoms with E-state index in [1.165, 1.54) is 0 Å². The molecule has 0 aliphatic heterocycles. The Bertz CT molecular complexity index is 288. The number of ether oxygens (including phenoxy) is 1. The Kier molecular flexibility index (Phi) is 4.71. The van der Waals surface area contributed by atoms with Gasteiger partial charge in [-0.05, 0) is 19.8 Å². The quantitative estimate of drug-likeness (QED) is 0.782. The average Bonchev–Trinajstić information content (AvgIpc) is 2.73. The molecule has 2 unspecified atom stereocenters. The lowest BCUT2D eigenvalue weighted by Crippen LogP contribution is -2.10. The summed E-state index contributed by atoms with van der Waals surface area (Å²) in [7, 11) is 0. The summed E-state index contributed by atoms with van der Waals surface area (Å²) in [4.78, 5) is 4.24. The first-order valence-corrected chi connectivity index (χ1v) is 5.43. The molecular weight excluding hydrogens is 194 g/mol. The third kappa shape index (κ3) is 3.00. The van der Waals surface area contributed by atoms with Gasteiger partial charge in [-0.2, -0.15) is 4.98 Å². The van der Waals surface area contributed by atoms with Crippen LogP contribution in [0.25, 0.3) is 0 Å². The van der Waals surface area contributed by atoms with E-state index in [-0.39, 0.29) is 12.1 Å². The first-order chi connectivity index (χ1) is 7.22. The summed E-state index contributed by atoms with van der Waals surface area (Å²) in [5, 5.41) is 3.88. The van der Waals surface area contributed by atoms with Crippen LogP contribution in [0.2, 0.25) is 0 Å². The Morgan fingerprint density at radius 3 is 2.60 bits per heavy atom. The number of hydrogen-bond acceptors (Lipinski definition) is 5. The minimum atomic E-state index is -0.176. The van der Waals surface area contributed by atoms with Crippen LogP contribution >= 0.6 is 0 Å². The van der Waals surface area contributed by atoms with Crippen LogP contribution in [0.1, 0.15) is 57.5 Å². The molecule has 0 bridgehead atoms. The molecular formula is C10H19N3O2. The zero-order valence-electron chi connectivity index (χ0n) is 9.56. The van der Waals surface area contributed by atoms with Gasteiger partial charge in [-0.25, -0.2) is 0 Å². The highest BCUT2D eigenvalue weighted by Gasteiger charge is 2.19. The van der Waals surface area contributed by atoms with Gasteiger partial charge in [0.2, 0.25) is 11.7 Å². The summed E-state index contributed by atoms with van der Waals surface area (Å²) in [5.41, 5.74) is 5.79. The Labute approximate surface area is 90.0 Å². The largest absolute Gasteiger partial charge is 0.370 e. The van der Waals surface area contributed by atoms with E-state index in [0.29, 0.717) is 18.3 Å². The third-order valence-electron chi connectivity index (χ3n) is 2.24. The van der Waals surface area contributed by atoms with Crippen LogP contribution in [0, 0.1) is 0 Å². The van der Waals surface area contributed by atoms with Gasteiger partial charge < -0.3 is 15.0 Å². The zero-order chi connectivity index (χ0) is 11.3. The second-order valence-corrected chi connectivity index (χ2v) is 3.36. The first kappa shape index (κ1) is 12.1. The molecule has 0 saturated carbocycles. The molecule has 2 atom stereocenters. The number of nitrogens with zero attached hydrogens (tertiary/aromatic N) is 2. The van der Waals surface area contributed by atoms with Gasteiger partial charge in [0.05, 0.1) is 6.04 Å². The van der Waals surface area contributed by atoms with E-state index in [4.69, 9.17) is 15.0 Å². The van der Waals surface area contributed by atoms with Crippen LogP contribution in [0.15, 0.2) is 4.52 Å². The minimum Gasteiger partial charge on any atom is -0.370 e. The fourth-order valence-electron chi connectivity index (χ4n) is 1.28. The van der Waals surface area contributed by atoms with Crippen molar-refractivity contribution in [2.75, 3.05) is 6.61 Å². The Hall–Kier alpha value is -0.940. The van der Waals surface area contributed by atoms with Crippen LogP contribution in [0.3, 0.4) is 0 Å². The van der Waals surface area contributed by atoms with E-state index in [9.17, 15) is 0 Å². The minimum absolute atomic E-state index is 0.0865. The molecule has 0 fully saturated rings. The molecule has 0 saturated heterocycles. The summed E-state index contributed by atoms with van der Waals surface area (Å²) < 4.78 is 10.6. The number of rotatable bonds is 6. The molecule has 86 valence electrons. The van der Waals surface area contributed by atoms with Gasteiger partial charge >= 0.3 is 0 Å². The maximum absolute atomic E-state index is 5.79. The van der Waals surface area contributed by atoms with Crippen molar-refractivity contribution in [2.24, 2.45) is 5.73 Å². The monoisotopic (exact) mass is 213 g/mol. The molecule has 1 aromatic rings. The lowest BCUT2D eigenvalue weighted by atomic mass is 10.2. The molecule has 0 amide bonds. The molecule has 2 N–H and O–H groups in total. The van der Waals surface area contributed by atoms with Crippen LogP contribution in [-0.4, -0.2) is 16.7 Å². The van der Waals surface area contributed by atoms with Gasteiger partial charge in [-0.15, -0.1) is 0 Å². The van der Waals surface area contributed by atoms with E-state index >= 15 is 0 Å².